The molecule has 1 saturated heterocycles. The van der Waals surface area contributed by atoms with Gasteiger partial charge in [-0.3, -0.25) is 9.79 Å². The van der Waals surface area contributed by atoms with Gasteiger partial charge in [0.05, 0.1) is 6.10 Å². The van der Waals surface area contributed by atoms with Crippen LogP contribution in [0.1, 0.15) is 42.1 Å². The molecule has 1 aromatic rings. The second-order valence-electron chi connectivity index (χ2n) is 7.76. The van der Waals surface area contributed by atoms with E-state index >= 15 is 0 Å². The highest BCUT2D eigenvalue weighted by Gasteiger charge is 2.16. The number of benzene rings is 1. The van der Waals surface area contributed by atoms with Gasteiger partial charge in [-0.1, -0.05) is 12.1 Å². The number of piperidine rings is 1. The van der Waals surface area contributed by atoms with Crippen LogP contribution in [-0.4, -0.2) is 86.2 Å². The third-order valence-electron chi connectivity index (χ3n) is 5.09. The summed E-state index contributed by atoms with van der Waals surface area (Å²) in [5, 5.41) is 16.2. The highest BCUT2D eigenvalue weighted by atomic mass is 16.3. The van der Waals surface area contributed by atoms with E-state index in [1.54, 1.807) is 19.0 Å². The van der Waals surface area contributed by atoms with Gasteiger partial charge in [0, 0.05) is 52.4 Å². The number of hydrogen-bond acceptors (Lipinski definition) is 4. The van der Waals surface area contributed by atoms with Gasteiger partial charge in [-0.2, -0.15) is 0 Å². The Bertz CT molecular complexity index is 654. The van der Waals surface area contributed by atoms with E-state index in [0.717, 1.165) is 82.0 Å². The van der Waals surface area contributed by atoms with Crippen LogP contribution in [0.15, 0.2) is 29.3 Å². The quantitative estimate of drug-likeness (QED) is 0.329. The standard InChI is InChI=1S/C22H37N5O2/c1-4-23-22(24-12-6-14-27-15-10-20(28)11-16-27)25-13-9-18-7-5-8-19(17-18)21(29)26(2)3/h5,7-8,17,20,28H,4,6,9-16H2,1-3H3,(H2,23,24,25). The second kappa shape index (κ2) is 12.4. The number of aliphatic imine (C=N–C) groups is 1. The van der Waals surface area contributed by atoms with Crippen molar-refractivity contribution in [3.63, 3.8) is 0 Å². The maximum atomic E-state index is 12.1. The molecule has 1 fully saturated rings. The van der Waals surface area contributed by atoms with Gasteiger partial charge in [0.15, 0.2) is 5.96 Å². The van der Waals surface area contributed by atoms with E-state index in [0.29, 0.717) is 0 Å². The monoisotopic (exact) mass is 403 g/mol. The van der Waals surface area contributed by atoms with Gasteiger partial charge in [0.25, 0.3) is 5.91 Å². The highest BCUT2D eigenvalue weighted by Crippen LogP contribution is 2.10. The van der Waals surface area contributed by atoms with Gasteiger partial charge in [0.1, 0.15) is 0 Å². The average molecular weight is 404 g/mol. The van der Waals surface area contributed by atoms with E-state index in [1.807, 2.05) is 24.3 Å². The number of likely N-dealkylation sites (tertiary alicyclic amines) is 1. The first-order chi connectivity index (χ1) is 14.0. The van der Waals surface area contributed by atoms with Crippen molar-refractivity contribution in [2.45, 2.75) is 38.7 Å². The van der Waals surface area contributed by atoms with E-state index in [4.69, 9.17) is 0 Å². The molecule has 1 amide bonds. The van der Waals surface area contributed by atoms with Crippen molar-refractivity contribution in [2.75, 3.05) is 53.4 Å². The normalized spacial score (nSPS) is 15.9. The molecule has 0 radical (unpaired) electrons. The van der Waals surface area contributed by atoms with Gasteiger partial charge >= 0.3 is 0 Å². The fraction of sp³-hybridized carbons (Fsp3) is 0.636. The zero-order valence-corrected chi connectivity index (χ0v) is 18.2. The van der Waals surface area contributed by atoms with E-state index < -0.39 is 0 Å². The molecule has 0 spiro atoms. The summed E-state index contributed by atoms with van der Waals surface area (Å²) in [5.41, 5.74) is 1.85. The van der Waals surface area contributed by atoms with Crippen molar-refractivity contribution in [1.29, 1.82) is 0 Å². The second-order valence-corrected chi connectivity index (χ2v) is 7.76. The minimum Gasteiger partial charge on any atom is -0.393 e. The number of hydrogen-bond donors (Lipinski definition) is 3. The molecule has 1 aliphatic rings. The van der Waals surface area contributed by atoms with E-state index in [2.05, 4.69) is 27.4 Å². The summed E-state index contributed by atoms with van der Waals surface area (Å²) in [7, 11) is 3.54. The van der Waals surface area contributed by atoms with Crippen LogP contribution in [0.4, 0.5) is 0 Å². The summed E-state index contributed by atoms with van der Waals surface area (Å²) in [4.78, 5) is 20.8. The fourth-order valence-electron chi connectivity index (χ4n) is 3.41. The van der Waals surface area contributed by atoms with Crippen molar-refractivity contribution < 1.29 is 9.90 Å². The molecule has 162 valence electrons. The molecule has 0 atom stereocenters. The van der Waals surface area contributed by atoms with Crippen molar-refractivity contribution in [3.05, 3.63) is 35.4 Å². The Labute approximate surface area is 175 Å². The van der Waals surface area contributed by atoms with Gasteiger partial charge in [0.2, 0.25) is 0 Å². The minimum atomic E-state index is -0.115. The van der Waals surface area contributed by atoms with Crippen LogP contribution in [0, 0.1) is 0 Å². The number of nitrogens with one attached hydrogen (secondary N) is 2. The fourth-order valence-corrected chi connectivity index (χ4v) is 3.41. The summed E-state index contributed by atoms with van der Waals surface area (Å²) in [6, 6.07) is 7.80. The lowest BCUT2D eigenvalue weighted by molar-refractivity contribution is 0.0821. The van der Waals surface area contributed by atoms with Gasteiger partial charge in [-0.25, -0.2) is 0 Å². The van der Waals surface area contributed by atoms with Crippen LogP contribution in [0.3, 0.4) is 0 Å². The van der Waals surface area contributed by atoms with Gasteiger partial charge < -0.3 is 25.5 Å². The molecular formula is C22H37N5O2. The third-order valence-corrected chi connectivity index (χ3v) is 5.09. The average Bonchev–Trinajstić information content (AvgIpc) is 2.72. The smallest absolute Gasteiger partial charge is 0.253 e. The van der Waals surface area contributed by atoms with Crippen LogP contribution >= 0.6 is 0 Å². The van der Waals surface area contributed by atoms with Crippen LogP contribution < -0.4 is 10.6 Å². The molecule has 7 heteroatoms. The lowest BCUT2D eigenvalue weighted by atomic mass is 10.1. The first-order valence-electron chi connectivity index (χ1n) is 10.7. The molecule has 1 aliphatic heterocycles. The molecule has 3 N–H and O–H groups in total. The SMILES string of the molecule is CCNC(=NCCCN1CCC(O)CC1)NCCc1cccc(C(=O)N(C)C)c1. The summed E-state index contributed by atoms with van der Waals surface area (Å²) in [6.07, 6.45) is 3.50. The summed E-state index contributed by atoms with van der Waals surface area (Å²) in [5.74, 6) is 0.861. The number of aliphatic hydroxyl groups is 1. The number of rotatable bonds is 9. The number of carbonyl (C=O) groups is 1. The molecule has 7 nitrogen and oxygen atoms in total. The molecule has 1 heterocycles. The Morgan fingerprint density at radius 2 is 2.03 bits per heavy atom. The number of nitrogens with zero attached hydrogens (tertiary/aromatic N) is 3. The number of aliphatic hydroxyl groups excluding tert-OH is 1. The molecular weight excluding hydrogens is 366 g/mol. The lowest BCUT2D eigenvalue weighted by Crippen LogP contribution is -2.39. The van der Waals surface area contributed by atoms with Crippen molar-refractivity contribution in [1.82, 2.24) is 20.4 Å². The first-order valence-corrected chi connectivity index (χ1v) is 10.7. The molecule has 2 rings (SSSR count). The van der Waals surface area contributed by atoms with Crippen molar-refractivity contribution in [2.24, 2.45) is 4.99 Å². The number of amides is 1. The largest absolute Gasteiger partial charge is 0.393 e. The first kappa shape index (κ1) is 23.2. The zero-order valence-electron chi connectivity index (χ0n) is 18.2. The predicted octanol–water partition coefficient (Wildman–Crippen LogP) is 1.33. The van der Waals surface area contributed by atoms with Crippen molar-refractivity contribution >= 4 is 11.9 Å². The third kappa shape index (κ3) is 8.41. The molecule has 0 aliphatic carbocycles. The number of carbonyl (C=O) groups excluding carboxylic acids is 1. The molecule has 0 saturated carbocycles. The topological polar surface area (TPSA) is 80.2 Å². The van der Waals surface area contributed by atoms with Crippen LogP contribution in [0.5, 0.6) is 0 Å². The van der Waals surface area contributed by atoms with Gasteiger partial charge in [-0.15, -0.1) is 0 Å². The molecule has 1 aromatic carbocycles. The Kier molecular flexibility index (Phi) is 9.94. The molecule has 0 unspecified atom stereocenters. The van der Waals surface area contributed by atoms with Crippen LogP contribution in [-0.2, 0) is 6.42 Å². The van der Waals surface area contributed by atoms with Gasteiger partial charge in [-0.05, 0) is 56.8 Å². The summed E-state index contributed by atoms with van der Waals surface area (Å²) in [6.45, 7) is 7.42. The predicted molar refractivity (Wildman–Crippen MR) is 118 cm³/mol. The maximum absolute atomic E-state index is 12.1. The number of guanidine groups is 1. The van der Waals surface area contributed by atoms with E-state index in [1.165, 1.54) is 0 Å². The van der Waals surface area contributed by atoms with Crippen LogP contribution in [0.2, 0.25) is 0 Å². The lowest BCUT2D eigenvalue weighted by Gasteiger charge is -2.29. The minimum absolute atomic E-state index is 0.0259. The molecule has 0 aromatic heterocycles. The van der Waals surface area contributed by atoms with E-state index in [-0.39, 0.29) is 12.0 Å². The highest BCUT2D eigenvalue weighted by molar-refractivity contribution is 5.94. The zero-order chi connectivity index (χ0) is 21.1. The van der Waals surface area contributed by atoms with Crippen molar-refractivity contribution in [3.8, 4) is 0 Å². The van der Waals surface area contributed by atoms with Crippen LogP contribution in [0.25, 0.3) is 0 Å². The Morgan fingerprint density at radius 3 is 2.72 bits per heavy atom. The Balaban J connectivity index is 1.75. The summed E-state index contributed by atoms with van der Waals surface area (Å²) >= 11 is 0. The Morgan fingerprint density at radius 1 is 1.28 bits per heavy atom. The Hall–Kier alpha value is -2.12. The summed E-state index contributed by atoms with van der Waals surface area (Å²) < 4.78 is 0. The van der Waals surface area contributed by atoms with E-state index in [9.17, 15) is 9.90 Å². The molecule has 0 bridgehead atoms. The maximum Gasteiger partial charge on any atom is 0.253 e. The molecule has 29 heavy (non-hydrogen) atoms.